The molecule has 1 N–H and O–H groups in total. The Kier molecular flexibility index (Phi) is 5.37. The molecule has 3 aromatic rings. The van der Waals surface area contributed by atoms with Gasteiger partial charge in [-0.1, -0.05) is 54.6 Å². The molecule has 0 bridgehead atoms. The van der Waals surface area contributed by atoms with Crippen molar-refractivity contribution >= 4 is 16.5 Å². The summed E-state index contributed by atoms with van der Waals surface area (Å²) in [5.74, 6) is 0.493. The van der Waals surface area contributed by atoms with Crippen molar-refractivity contribution in [1.82, 2.24) is 5.32 Å². The molecule has 3 nitrogen and oxygen atoms in total. The van der Waals surface area contributed by atoms with Crippen molar-refractivity contribution in [3.63, 3.8) is 0 Å². The molecule has 1 aliphatic heterocycles. The summed E-state index contributed by atoms with van der Waals surface area (Å²) in [6.45, 7) is 1.72. The van der Waals surface area contributed by atoms with Crippen molar-refractivity contribution in [2.24, 2.45) is 0 Å². The minimum atomic E-state index is -4.27. The maximum atomic E-state index is 13.0. The van der Waals surface area contributed by atoms with Crippen LogP contribution in [0.1, 0.15) is 18.5 Å². The van der Waals surface area contributed by atoms with Gasteiger partial charge < -0.3 is 15.0 Å². The largest absolute Gasteiger partial charge is 0.485 e. The van der Waals surface area contributed by atoms with E-state index in [4.69, 9.17) is 4.74 Å². The molecule has 0 saturated carbocycles. The minimum absolute atomic E-state index is 0.0398. The summed E-state index contributed by atoms with van der Waals surface area (Å²) < 4.78 is 45.1. The zero-order chi connectivity index (χ0) is 20.4. The van der Waals surface area contributed by atoms with Crippen LogP contribution in [0.4, 0.5) is 18.9 Å². The second-order valence-electron chi connectivity index (χ2n) is 7.40. The predicted octanol–water partition coefficient (Wildman–Crippen LogP) is 5.32. The van der Waals surface area contributed by atoms with Crippen molar-refractivity contribution in [2.75, 3.05) is 24.5 Å². The third-order valence-corrected chi connectivity index (χ3v) is 5.24. The molecule has 1 unspecified atom stereocenters. The Morgan fingerprint density at radius 2 is 1.76 bits per heavy atom. The van der Waals surface area contributed by atoms with Crippen molar-refractivity contribution < 1.29 is 17.9 Å². The first-order chi connectivity index (χ1) is 13.9. The molecular weight excluding hydrogens is 377 g/mol. The van der Waals surface area contributed by atoms with Crippen LogP contribution in [0.3, 0.4) is 0 Å². The van der Waals surface area contributed by atoms with Gasteiger partial charge in [-0.25, -0.2) is 0 Å². The summed E-state index contributed by atoms with van der Waals surface area (Å²) in [6.07, 6.45) is -4.64. The topological polar surface area (TPSA) is 24.5 Å². The molecule has 6 heteroatoms. The Bertz CT molecular complexity index is 984. The van der Waals surface area contributed by atoms with Crippen LogP contribution in [0.25, 0.3) is 10.8 Å². The molecule has 1 aliphatic rings. The van der Waals surface area contributed by atoms with Crippen molar-refractivity contribution in [3.05, 3.63) is 72.3 Å². The highest BCUT2D eigenvalue weighted by atomic mass is 19.4. The van der Waals surface area contributed by atoms with E-state index in [-0.39, 0.29) is 18.7 Å². The minimum Gasteiger partial charge on any atom is -0.485 e. The fourth-order valence-corrected chi connectivity index (χ4v) is 3.90. The Hall–Kier alpha value is -2.73. The van der Waals surface area contributed by atoms with Gasteiger partial charge >= 0.3 is 6.18 Å². The van der Waals surface area contributed by atoms with E-state index < -0.39 is 12.7 Å². The Morgan fingerprint density at radius 3 is 2.59 bits per heavy atom. The maximum Gasteiger partial charge on any atom is 0.405 e. The van der Waals surface area contributed by atoms with E-state index in [0.29, 0.717) is 18.0 Å². The molecule has 3 aromatic carbocycles. The number of para-hydroxylation sites is 2. The number of nitrogens with one attached hydrogen (secondary N) is 1. The summed E-state index contributed by atoms with van der Waals surface area (Å²) in [5.41, 5.74) is 1.65. The molecule has 0 amide bonds. The molecule has 152 valence electrons. The van der Waals surface area contributed by atoms with Gasteiger partial charge in [-0.15, -0.1) is 0 Å². The molecule has 0 radical (unpaired) electrons. The van der Waals surface area contributed by atoms with E-state index in [1.807, 2.05) is 18.2 Å². The normalized spacial score (nSPS) is 17.7. The zero-order valence-corrected chi connectivity index (χ0v) is 16.1. The molecule has 2 atom stereocenters. The first kappa shape index (κ1) is 19.6. The van der Waals surface area contributed by atoms with E-state index in [0.717, 1.165) is 10.9 Å². The SMILES string of the molecule is C[C@@H](NCC1CN(CC(F)(F)F)c2ccccc2O1)c1cccc2ccccc12. The van der Waals surface area contributed by atoms with Crippen LogP contribution >= 0.6 is 0 Å². The highest BCUT2D eigenvalue weighted by molar-refractivity contribution is 5.86. The number of fused-ring (bicyclic) bond motifs is 2. The van der Waals surface area contributed by atoms with Gasteiger partial charge in [0.25, 0.3) is 0 Å². The van der Waals surface area contributed by atoms with E-state index in [1.165, 1.54) is 10.3 Å². The van der Waals surface area contributed by atoms with Gasteiger partial charge in [0, 0.05) is 12.6 Å². The second kappa shape index (κ2) is 7.95. The molecule has 29 heavy (non-hydrogen) atoms. The summed E-state index contributed by atoms with van der Waals surface area (Å²) in [5, 5.41) is 5.78. The number of rotatable bonds is 5. The average Bonchev–Trinajstić information content (AvgIpc) is 2.70. The highest BCUT2D eigenvalue weighted by Gasteiger charge is 2.35. The smallest absolute Gasteiger partial charge is 0.405 e. The number of nitrogens with zero attached hydrogens (tertiary/aromatic N) is 1. The highest BCUT2D eigenvalue weighted by Crippen LogP contribution is 2.35. The zero-order valence-electron chi connectivity index (χ0n) is 16.1. The van der Waals surface area contributed by atoms with Crippen LogP contribution in [0.2, 0.25) is 0 Å². The van der Waals surface area contributed by atoms with Gasteiger partial charge in [0.05, 0.1) is 12.2 Å². The molecule has 4 rings (SSSR count). The van der Waals surface area contributed by atoms with E-state index >= 15 is 0 Å². The summed E-state index contributed by atoms with van der Waals surface area (Å²) in [7, 11) is 0. The van der Waals surface area contributed by atoms with Crippen molar-refractivity contribution in [2.45, 2.75) is 25.2 Å². The molecule has 1 heterocycles. The Balaban J connectivity index is 1.48. The van der Waals surface area contributed by atoms with Gasteiger partial charge in [-0.05, 0) is 35.4 Å². The number of benzene rings is 3. The van der Waals surface area contributed by atoms with Gasteiger partial charge in [0.15, 0.2) is 0 Å². The van der Waals surface area contributed by atoms with Crippen LogP contribution in [-0.4, -0.2) is 31.9 Å². The first-order valence-electron chi connectivity index (χ1n) is 9.69. The monoisotopic (exact) mass is 400 g/mol. The van der Waals surface area contributed by atoms with Crippen LogP contribution in [-0.2, 0) is 0 Å². The fourth-order valence-electron chi connectivity index (χ4n) is 3.90. The lowest BCUT2D eigenvalue weighted by atomic mass is 9.99. The van der Waals surface area contributed by atoms with Crippen LogP contribution in [0.5, 0.6) is 5.75 Å². The summed E-state index contributed by atoms with van der Waals surface area (Å²) >= 11 is 0. The van der Waals surface area contributed by atoms with Gasteiger partial charge in [-0.2, -0.15) is 13.2 Å². The van der Waals surface area contributed by atoms with Crippen molar-refractivity contribution in [3.8, 4) is 5.75 Å². The number of anilines is 1. The quantitative estimate of drug-likeness (QED) is 0.627. The van der Waals surface area contributed by atoms with E-state index in [9.17, 15) is 13.2 Å². The van der Waals surface area contributed by atoms with Crippen LogP contribution in [0.15, 0.2) is 66.7 Å². The third-order valence-electron chi connectivity index (χ3n) is 5.24. The Morgan fingerprint density at radius 1 is 1.03 bits per heavy atom. The number of alkyl halides is 3. The lowest BCUT2D eigenvalue weighted by Gasteiger charge is -2.37. The van der Waals surface area contributed by atoms with Gasteiger partial charge in [0.1, 0.15) is 18.4 Å². The lowest BCUT2D eigenvalue weighted by Crippen LogP contribution is -2.48. The molecule has 0 spiro atoms. The number of halogens is 3. The molecular formula is C23H23F3N2O. The average molecular weight is 400 g/mol. The van der Waals surface area contributed by atoms with Gasteiger partial charge in [-0.3, -0.25) is 0 Å². The first-order valence-corrected chi connectivity index (χ1v) is 9.69. The predicted molar refractivity (Wildman–Crippen MR) is 109 cm³/mol. The fraction of sp³-hybridized carbons (Fsp3) is 0.304. The van der Waals surface area contributed by atoms with Crippen molar-refractivity contribution in [1.29, 1.82) is 0 Å². The molecule has 0 fully saturated rings. The summed E-state index contributed by atoms with van der Waals surface area (Å²) in [6, 6.07) is 21.3. The second-order valence-corrected chi connectivity index (χ2v) is 7.40. The third kappa shape index (κ3) is 4.48. The number of hydrogen-bond acceptors (Lipinski definition) is 3. The molecule has 0 saturated heterocycles. The van der Waals surface area contributed by atoms with E-state index in [1.54, 1.807) is 24.3 Å². The maximum absolute atomic E-state index is 13.0. The lowest BCUT2D eigenvalue weighted by molar-refractivity contribution is -0.120. The molecule has 0 aliphatic carbocycles. The van der Waals surface area contributed by atoms with Crippen LogP contribution in [0, 0.1) is 0 Å². The number of ether oxygens (including phenoxy) is 1. The van der Waals surface area contributed by atoms with Crippen LogP contribution < -0.4 is 15.0 Å². The number of hydrogen-bond donors (Lipinski definition) is 1. The van der Waals surface area contributed by atoms with E-state index in [2.05, 4.69) is 36.5 Å². The van der Waals surface area contributed by atoms with Gasteiger partial charge in [0.2, 0.25) is 0 Å². The Labute approximate surface area is 168 Å². The summed E-state index contributed by atoms with van der Waals surface area (Å²) in [4.78, 5) is 1.35. The standard InChI is InChI=1S/C23H23F3N2O/c1-16(19-10-6-8-17-7-2-3-9-20(17)19)27-13-18-14-28(15-23(24,25)26)21-11-4-5-12-22(21)29-18/h2-12,16,18,27H,13-15H2,1H3/t16-,18?/m1/s1. The molecule has 0 aromatic heterocycles.